The van der Waals surface area contributed by atoms with Gasteiger partial charge in [0.05, 0.1) is 17.4 Å². The Morgan fingerprint density at radius 3 is 1.16 bits per heavy atom. The Balaban J connectivity index is 2.75. The van der Waals surface area contributed by atoms with Gasteiger partial charge in [0.15, 0.2) is 0 Å². The van der Waals surface area contributed by atoms with Crippen LogP contribution in [-0.2, 0) is 19.1 Å². The number of aliphatic carboxylic acids is 2. The highest BCUT2D eigenvalue weighted by molar-refractivity contribution is 5.75. The van der Waals surface area contributed by atoms with Gasteiger partial charge in [-0.15, -0.1) is 0 Å². The van der Waals surface area contributed by atoms with E-state index in [1.165, 1.54) is 77.0 Å². The number of rotatable bonds is 48. The molecule has 1 rings (SSSR count). The highest BCUT2D eigenvalue weighted by atomic mass is 16.5. The molecule has 0 aliphatic rings. The summed E-state index contributed by atoms with van der Waals surface area (Å²) in [5.74, 6) is -1.40. The van der Waals surface area contributed by atoms with Crippen LogP contribution < -0.4 is 5.32 Å². The fourth-order valence-corrected chi connectivity index (χ4v) is 9.62. The Hall–Kier alpha value is -2.68. The molecule has 1 heterocycles. The number of ether oxygens (including phenoxy) is 1. The lowest BCUT2D eigenvalue weighted by atomic mass is 9.74. The lowest BCUT2D eigenvalue weighted by Crippen LogP contribution is -2.31. The smallest absolute Gasteiger partial charge is 0.325 e. The number of nitrogens with zero attached hydrogens (tertiary/aromatic N) is 2. The van der Waals surface area contributed by atoms with Crippen LogP contribution in [-0.4, -0.2) is 70.8 Å². The lowest BCUT2D eigenvalue weighted by Gasteiger charge is -2.30. The minimum absolute atomic E-state index is 0.132. The van der Waals surface area contributed by atoms with E-state index in [0.29, 0.717) is 6.61 Å². The minimum atomic E-state index is -0.573. The third kappa shape index (κ3) is 29.8. The zero-order chi connectivity index (χ0) is 46.8. The van der Waals surface area contributed by atoms with Crippen LogP contribution >= 0.6 is 0 Å². The number of unbranched alkanes of at least 4 members (excludes halogenated alkanes) is 23. The van der Waals surface area contributed by atoms with Crippen molar-refractivity contribution in [1.82, 2.24) is 9.88 Å². The Morgan fingerprint density at radius 1 is 0.484 bits per heavy atom. The van der Waals surface area contributed by atoms with Gasteiger partial charge in [0, 0.05) is 18.1 Å². The van der Waals surface area contributed by atoms with Crippen molar-refractivity contribution in [3.63, 3.8) is 0 Å². The lowest BCUT2D eigenvalue weighted by molar-refractivity contribution is -0.151. The molecule has 372 valence electrons. The quantitative estimate of drug-likeness (QED) is 0.0432. The van der Waals surface area contributed by atoms with Gasteiger partial charge in [0.2, 0.25) is 0 Å². The number of hydrogen-bond acceptors (Lipinski definition) is 7. The summed E-state index contributed by atoms with van der Waals surface area (Å²) in [7, 11) is 0. The average Bonchev–Trinajstić information content (AvgIpc) is 3.29. The third-order valence-corrected chi connectivity index (χ3v) is 14.0. The maximum atomic E-state index is 12.9. The van der Waals surface area contributed by atoms with Gasteiger partial charge in [-0.2, -0.15) is 0 Å². The summed E-state index contributed by atoms with van der Waals surface area (Å²) in [6, 6.07) is 3.65. The summed E-state index contributed by atoms with van der Waals surface area (Å²) in [5, 5.41) is 24.2. The molecule has 0 spiro atoms. The number of anilines is 1. The molecule has 2 atom stereocenters. The number of carbonyl (C=O) groups excluding carboxylic acids is 1. The summed E-state index contributed by atoms with van der Waals surface area (Å²) in [6.45, 7) is 12.5. The number of carboxylic acids is 2. The SMILES string of the molecule is CCCCCCCCC(CCCCCC)(CCCCCCN(CCCCCCC(CCCCCC)(CCCCCCCC)C(=O)O)CCCCOC(=O)CNc1ccncc1)C(=O)O. The number of carbonyl (C=O) groups is 3. The highest BCUT2D eigenvalue weighted by Gasteiger charge is 2.37. The van der Waals surface area contributed by atoms with Crippen molar-refractivity contribution in [3.8, 4) is 0 Å². The molecule has 0 aromatic carbocycles. The van der Waals surface area contributed by atoms with E-state index in [0.717, 1.165) is 179 Å². The van der Waals surface area contributed by atoms with Crippen LogP contribution in [0.4, 0.5) is 5.69 Å². The molecule has 9 heteroatoms. The number of aromatic nitrogens is 1. The first-order chi connectivity index (χ1) is 31.2. The van der Waals surface area contributed by atoms with Crippen molar-refractivity contribution < 1.29 is 29.3 Å². The third-order valence-electron chi connectivity index (χ3n) is 14.0. The summed E-state index contributed by atoms with van der Waals surface area (Å²) in [5.41, 5.74) is -0.302. The first kappa shape index (κ1) is 59.3. The first-order valence-electron chi connectivity index (χ1n) is 27.2. The molecule has 0 fully saturated rings. The summed E-state index contributed by atoms with van der Waals surface area (Å²) < 4.78 is 5.53. The van der Waals surface area contributed by atoms with Crippen molar-refractivity contribution in [1.29, 1.82) is 0 Å². The monoisotopic (exact) mass is 900 g/mol. The number of pyridine rings is 1. The summed E-state index contributed by atoms with van der Waals surface area (Å²) >= 11 is 0. The van der Waals surface area contributed by atoms with E-state index in [1.54, 1.807) is 12.4 Å². The van der Waals surface area contributed by atoms with Crippen LogP contribution in [0.3, 0.4) is 0 Å². The van der Waals surface area contributed by atoms with E-state index in [4.69, 9.17) is 4.74 Å². The van der Waals surface area contributed by atoms with Crippen LogP contribution in [0, 0.1) is 10.8 Å². The molecule has 3 N–H and O–H groups in total. The van der Waals surface area contributed by atoms with Gasteiger partial charge in [0.25, 0.3) is 0 Å². The molecule has 0 aliphatic heterocycles. The number of esters is 1. The molecule has 9 nitrogen and oxygen atoms in total. The van der Waals surface area contributed by atoms with Crippen LogP contribution in [0.5, 0.6) is 0 Å². The summed E-state index contributed by atoms with van der Waals surface area (Å²) in [4.78, 5) is 44.7. The van der Waals surface area contributed by atoms with Crippen LogP contribution in [0.1, 0.15) is 259 Å². The minimum Gasteiger partial charge on any atom is -0.481 e. The molecule has 1 aromatic heterocycles. The molecule has 0 amide bonds. The van der Waals surface area contributed by atoms with E-state index < -0.39 is 22.8 Å². The second-order valence-electron chi connectivity index (χ2n) is 19.5. The molecule has 1 aromatic rings. The van der Waals surface area contributed by atoms with Gasteiger partial charge in [-0.3, -0.25) is 19.4 Å². The van der Waals surface area contributed by atoms with Crippen LogP contribution in [0.15, 0.2) is 24.5 Å². The zero-order valence-corrected chi connectivity index (χ0v) is 42.2. The zero-order valence-electron chi connectivity index (χ0n) is 42.2. The van der Waals surface area contributed by atoms with Gasteiger partial charge < -0.3 is 25.2 Å². The highest BCUT2D eigenvalue weighted by Crippen LogP contribution is 2.39. The van der Waals surface area contributed by atoms with Gasteiger partial charge in [-0.05, 0) is 96.0 Å². The Kier molecular flexibility index (Phi) is 37.6. The van der Waals surface area contributed by atoms with Crippen molar-refractivity contribution in [2.45, 2.75) is 259 Å². The molecular formula is C55H101N3O6. The van der Waals surface area contributed by atoms with Gasteiger partial charge in [-0.1, -0.05) is 195 Å². The van der Waals surface area contributed by atoms with Crippen molar-refractivity contribution in [2.24, 2.45) is 10.8 Å². The molecule has 64 heavy (non-hydrogen) atoms. The van der Waals surface area contributed by atoms with Gasteiger partial charge >= 0.3 is 17.9 Å². The fourth-order valence-electron chi connectivity index (χ4n) is 9.62. The van der Waals surface area contributed by atoms with Gasteiger partial charge in [-0.25, -0.2) is 0 Å². The molecule has 0 saturated carbocycles. The van der Waals surface area contributed by atoms with Crippen LogP contribution in [0.25, 0.3) is 0 Å². The van der Waals surface area contributed by atoms with Crippen LogP contribution in [0.2, 0.25) is 0 Å². The molecular weight excluding hydrogens is 799 g/mol. The second kappa shape index (κ2) is 40.6. The van der Waals surface area contributed by atoms with E-state index in [-0.39, 0.29) is 12.5 Å². The van der Waals surface area contributed by atoms with E-state index in [9.17, 15) is 24.6 Å². The van der Waals surface area contributed by atoms with E-state index >= 15 is 0 Å². The Morgan fingerprint density at radius 2 is 0.797 bits per heavy atom. The molecule has 0 saturated heterocycles. The van der Waals surface area contributed by atoms with E-state index in [2.05, 4.69) is 42.9 Å². The maximum absolute atomic E-state index is 12.9. The number of nitrogens with one attached hydrogen (secondary N) is 1. The van der Waals surface area contributed by atoms with Crippen molar-refractivity contribution in [3.05, 3.63) is 24.5 Å². The summed E-state index contributed by atoms with van der Waals surface area (Å²) in [6.07, 6.45) is 41.8. The normalized spacial score (nSPS) is 13.5. The number of carboxylic acid groups (broad SMARTS) is 2. The predicted molar refractivity (Wildman–Crippen MR) is 269 cm³/mol. The number of hydrogen-bond donors (Lipinski definition) is 3. The molecule has 0 bridgehead atoms. The Labute approximate surface area is 393 Å². The molecule has 0 aliphatic carbocycles. The van der Waals surface area contributed by atoms with Gasteiger partial charge in [0.1, 0.15) is 6.54 Å². The topological polar surface area (TPSA) is 129 Å². The standard InChI is InChI=1S/C55H101N3O6/c1-5-9-13-17-19-27-39-54(52(60)61,37-25-15-11-7-3)41-29-21-23-31-45-58(47-33-34-48-64-51(59)49-57-50-35-43-56-44-36-50)46-32-24-22-30-42-55(53(62)63,38-26-16-12-8-4)40-28-20-18-14-10-6-2/h35-36,43-44H,5-34,37-42,45-49H2,1-4H3,(H,56,57)(H,60,61)(H,62,63). The van der Waals surface area contributed by atoms with Crippen molar-refractivity contribution in [2.75, 3.05) is 38.1 Å². The molecule has 2 unspecified atom stereocenters. The van der Waals surface area contributed by atoms with E-state index in [1.807, 2.05) is 12.1 Å². The molecule has 0 radical (unpaired) electrons. The Bertz CT molecular complexity index is 1190. The second-order valence-corrected chi connectivity index (χ2v) is 19.5. The predicted octanol–water partition coefficient (Wildman–Crippen LogP) is 15.6. The largest absolute Gasteiger partial charge is 0.481 e. The first-order valence-corrected chi connectivity index (χ1v) is 27.2. The maximum Gasteiger partial charge on any atom is 0.325 e. The average molecular weight is 900 g/mol. The van der Waals surface area contributed by atoms with Crippen molar-refractivity contribution >= 4 is 23.6 Å². The fraction of sp³-hybridized carbons (Fsp3) is 0.855.